The van der Waals surface area contributed by atoms with Crippen LogP contribution in [0.4, 0.5) is 5.95 Å². The molecule has 0 aliphatic rings. The number of aliphatic carboxylic acids is 2. The van der Waals surface area contributed by atoms with Crippen LogP contribution < -0.4 is 0 Å². The molecule has 0 amide bonds. The van der Waals surface area contributed by atoms with Crippen molar-refractivity contribution in [2.45, 2.75) is 6.54 Å². The zero-order chi connectivity index (χ0) is 20.8. The summed E-state index contributed by atoms with van der Waals surface area (Å²) in [6.07, 6.45) is 2.85. The number of carboxylic acids is 2. The molecule has 0 aromatic carbocycles. The third-order valence-corrected chi connectivity index (χ3v) is 3.35. The van der Waals surface area contributed by atoms with E-state index in [1.807, 2.05) is 0 Å². The van der Waals surface area contributed by atoms with Gasteiger partial charge in [0.25, 0.3) is 0 Å². The fourth-order valence-electron chi connectivity index (χ4n) is 2.14. The van der Waals surface area contributed by atoms with Gasteiger partial charge in [-0.1, -0.05) is 4.98 Å². The summed E-state index contributed by atoms with van der Waals surface area (Å²) in [5.41, 5.74) is 0. The van der Waals surface area contributed by atoms with Gasteiger partial charge in [-0.3, -0.25) is 14.5 Å². The van der Waals surface area contributed by atoms with E-state index in [0.29, 0.717) is 26.4 Å². The molecule has 0 fully saturated rings. The molecule has 13 heteroatoms. The number of hydrogen-bond donors (Lipinski definition) is 2. The van der Waals surface area contributed by atoms with Crippen molar-refractivity contribution >= 4 is 17.9 Å². The number of carbonyl (C=O) groups is 2. The summed E-state index contributed by atoms with van der Waals surface area (Å²) < 4.78 is 17.3. The lowest BCUT2D eigenvalue weighted by Crippen LogP contribution is -2.37. The van der Waals surface area contributed by atoms with Crippen LogP contribution in [0.1, 0.15) is 0 Å². The van der Waals surface area contributed by atoms with Crippen LogP contribution in [0.5, 0.6) is 0 Å². The molecule has 0 aliphatic carbocycles. The molecule has 0 unspecified atom stereocenters. The minimum absolute atomic E-state index is 0.183. The Balaban J connectivity index is 1.98. The highest BCUT2D eigenvalue weighted by Gasteiger charge is 2.13. The lowest BCUT2D eigenvalue weighted by molar-refractivity contribution is -0.396. The molecule has 0 radical (unpaired) electrons. The molecule has 0 bridgehead atoms. The van der Waals surface area contributed by atoms with E-state index in [2.05, 4.69) is 4.98 Å². The highest BCUT2D eigenvalue weighted by atomic mass is 16.6. The smallest absolute Gasteiger partial charge is 0.434 e. The van der Waals surface area contributed by atoms with Crippen LogP contribution in [-0.4, -0.2) is 101 Å². The van der Waals surface area contributed by atoms with Crippen molar-refractivity contribution in [3.8, 4) is 0 Å². The van der Waals surface area contributed by atoms with Crippen LogP contribution in [0.15, 0.2) is 12.4 Å². The van der Waals surface area contributed by atoms with Crippen molar-refractivity contribution in [1.29, 1.82) is 0 Å². The Hall–Kier alpha value is -2.61. The largest absolute Gasteiger partial charge is 0.480 e. The van der Waals surface area contributed by atoms with Gasteiger partial charge in [0.2, 0.25) is 0 Å². The summed E-state index contributed by atoms with van der Waals surface area (Å²) >= 11 is 0. The van der Waals surface area contributed by atoms with Gasteiger partial charge in [-0.15, -0.1) is 0 Å². The molecule has 1 heterocycles. The Labute approximate surface area is 160 Å². The van der Waals surface area contributed by atoms with E-state index in [1.54, 1.807) is 0 Å². The predicted molar refractivity (Wildman–Crippen MR) is 93.1 cm³/mol. The van der Waals surface area contributed by atoms with E-state index in [1.165, 1.54) is 21.9 Å². The first-order valence-corrected chi connectivity index (χ1v) is 8.45. The number of rotatable bonds is 17. The molecule has 0 saturated heterocycles. The second kappa shape index (κ2) is 13.5. The molecule has 2 N–H and O–H groups in total. The van der Waals surface area contributed by atoms with Gasteiger partial charge in [-0.05, 0) is 4.92 Å². The lowest BCUT2D eigenvalue weighted by Gasteiger charge is -2.17. The number of carboxylic acid groups (broad SMARTS) is 2. The Morgan fingerprint density at radius 1 is 1.04 bits per heavy atom. The van der Waals surface area contributed by atoms with Crippen LogP contribution in [0, 0.1) is 10.1 Å². The van der Waals surface area contributed by atoms with Gasteiger partial charge < -0.3 is 34.5 Å². The van der Waals surface area contributed by atoms with Crippen molar-refractivity contribution in [3.05, 3.63) is 22.5 Å². The summed E-state index contributed by atoms with van der Waals surface area (Å²) in [5, 5.41) is 28.1. The van der Waals surface area contributed by atoms with Crippen LogP contribution in [-0.2, 0) is 30.3 Å². The molecule has 28 heavy (non-hydrogen) atoms. The molecule has 1 aromatic heterocycles. The zero-order valence-electron chi connectivity index (χ0n) is 15.3. The molecule has 0 saturated carbocycles. The van der Waals surface area contributed by atoms with Crippen molar-refractivity contribution in [2.24, 2.45) is 0 Å². The minimum Gasteiger partial charge on any atom is -0.480 e. The Bertz CT molecular complexity index is 606. The molecule has 158 valence electrons. The number of nitro groups is 1. The van der Waals surface area contributed by atoms with E-state index in [4.69, 9.17) is 24.4 Å². The van der Waals surface area contributed by atoms with Crippen LogP contribution in [0.2, 0.25) is 0 Å². The summed E-state index contributed by atoms with van der Waals surface area (Å²) in [6.45, 7) is 1.42. The van der Waals surface area contributed by atoms with E-state index in [9.17, 15) is 19.7 Å². The Morgan fingerprint density at radius 2 is 1.57 bits per heavy atom. The normalized spacial score (nSPS) is 11.0. The Kier molecular flexibility index (Phi) is 11.3. The summed E-state index contributed by atoms with van der Waals surface area (Å²) in [6, 6.07) is 0. The number of hydrogen-bond acceptors (Lipinski definition) is 9. The number of nitrogens with zero attached hydrogens (tertiary/aromatic N) is 4. The quantitative estimate of drug-likeness (QED) is 0.192. The number of aromatic nitrogens is 2. The number of ether oxygens (including phenoxy) is 3. The molecule has 1 aromatic rings. The van der Waals surface area contributed by atoms with Crippen LogP contribution in [0.25, 0.3) is 0 Å². The Morgan fingerprint density at radius 3 is 2.11 bits per heavy atom. The lowest BCUT2D eigenvalue weighted by atomic mass is 10.4. The fourth-order valence-corrected chi connectivity index (χ4v) is 2.14. The first-order valence-electron chi connectivity index (χ1n) is 8.45. The van der Waals surface area contributed by atoms with Crippen LogP contribution >= 0.6 is 0 Å². The monoisotopic (exact) mass is 404 g/mol. The number of imidazole rings is 1. The molecule has 0 spiro atoms. The van der Waals surface area contributed by atoms with Gasteiger partial charge in [0.05, 0.1) is 59.3 Å². The first-order chi connectivity index (χ1) is 13.4. The molecular weight excluding hydrogens is 380 g/mol. The average Bonchev–Trinajstić information content (AvgIpc) is 3.07. The van der Waals surface area contributed by atoms with Gasteiger partial charge >= 0.3 is 17.9 Å². The van der Waals surface area contributed by atoms with Gasteiger partial charge in [0.1, 0.15) is 12.4 Å². The predicted octanol–water partition coefficient (Wildman–Crippen LogP) is -0.688. The van der Waals surface area contributed by atoms with Crippen molar-refractivity contribution < 1.29 is 38.9 Å². The third-order valence-electron chi connectivity index (χ3n) is 3.35. The first kappa shape index (κ1) is 23.4. The van der Waals surface area contributed by atoms with Crippen molar-refractivity contribution in [3.63, 3.8) is 0 Å². The second-order valence-corrected chi connectivity index (χ2v) is 5.51. The van der Waals surface area contributed by atoms with E-state index in [-0.39, 0.29) is 45.4 Å². The van der Waals surface area contributed by atoms with Crippen molar-refractivity contribution in [2.75, 3.05) is 59.3 Å². The standard InChI is InChI=1S/C15H24N4O9/c20-13(21)11-17(12-14(22)23)3-5-26-7-9-28-10-8-27-6-4-18-2-1-16-15(18)19(24)25/h1-2H,3-12H2,(H,20,21)(H,22,23). The zero-order valence-corrected chi connectivity index (χ0v) is 15.3. The molecule has 13 nitrogen and oxygen atoms in total. The second-order valence-electron chi connectivity index (χ2n) is 5.51. The summed E-state index contributed by atoms with van der Waals surface area (Å²) in [4.78, 5) is 36.3. The molecule has 0 atom stereocenters. The molecule has 0 aliphatic heterocycles. The highest BCUT2D eigenvalue weighted by molar-refractivity contribution is 5.72. The maximum atomic E-state index is 10.7. The van der Waals surface area contributed by atoms with E-state index in [0.717, 1.165) is 0 Å². The fraction of sp³-hybridized carbons (Fsp3) is 0.667. The maximum absolute atomic E-state index is 10.7. The highest BCUT2D eigenvalue weighted by Crippen LogP contribution is 2.06. The van der Waals surface area contributed by atoms with Crippen molar-refractivity contribution in [1.82, 2.24) is 14.5 Å². The third kappa shape index (κ3) is 10.5. The maximum Gasteiger partial charge on any atom is 0.434 e. The van der Waals surface area contributed by atoms with Crippen LogP contribution in [0.3, 0.4) is 0 Å². The van der Waals surface area contributed by atoms with E-state index < -0.39 is 16.9 Å². The molecule has 1 rings (SSSR count). The topological polar surface area (TPSA) is 166 Å². The van der Waals surface area contributed by atoms with Gasteiger partial charge in [-0.25, -0.2) is 4.57 Å². The molecular formula is C15H24N4O9. The minimum atomic E-state index is -1.10. The average molecular weight is 404 g/mol. The van der Waals surface area contributed by atoms with Gasteiger partial charge in [0.15, 0.2) is 0 Å². The summed E-state index contributed by atoms with van der Waals surface area (Å²) in [7, 11) is 0. The summed E-state index contributed by atoms with van der Waals surface area (Å²) in [5.74, 6) is -2.44. The van der Waals surface area contributed by atoms with E-state index >= 15 is 0 Å². The van der Waals surface area contributed by atoms with Gasteiger partial charge in [-0.2, -0.15) is 0 Å². The van der Waals surface area contributed by atoms with Gasteiger partial charge in [0, 0.05) is 6.54 Å². The SMILES string of the molecule is O=C(O)CN(CCOCCOCCOCCn1ccnc1[N+](=O)[O-])CC(=O)O.